The Morgan fingerprint density at radius 1 is 1.37 bits per heavy atom. The molecule has 1 aliphatic carbocycles. The Morgan fingerprint density at radius 2 is 2.26 bits per heavy atom. The van der Waals surface area contributed by atoms with Gasteiger partial charge in [0, 0.05) is 36.5 Å². The predicted octanol–water partition coefficient (Wildman–Crippen LogP) is 3.61. The van der Waals surface area contributed by atoms with Crippen molar-refractivity contribution in [1.82, 2.24) is 20.3 Å². The van der Waals surface area contributed by atoms with Crippen LogP contribution in [-0.2, 0) is 4.74 Å². The minimum absolute atomic E-state index is 0.272. The van der Waals surface area contributed by atoms with Gasteiger partial charge in [-0.2, -0.15) is 0 Å². The van der Waals surface area contributed by atoms with Gasteiger partial charge in [0.25, 0.3) is 0 Å². The Balaban J connectivity index is 1.36. The molecule has 8 heteroatoms. The summed E-state index contributed by atoms with van der Waals surface area (Å²) in [5.74, 6) is 0.732. The molecule has 0 bridgehead atoms. The number of nitrogens with zero attached hydrogens (tertiary/aromatic N) is 3. The first-order valence-corrected chi connectivity index (χ1v) is 9.82. The third kappa shape index (κ3) is 4.58. The normalized spacial score (nSPS) is 13.7. The maximum absolute atomic E-state index is 12.0. The second-order valence-corrected chi connectivity index (χ2v) is 7.61. The van der Waals surface area contributed by atoms with Gasteiger partial charge < -0.3 is 10.1 Å². The quantitative estimate of drug-likeness (QED) is 0.609. The van der Waals surface area contributed by atoms with E-state index >= 15 is 0 Å². The number of aromatic nitrogens is 3. The minimum Gasteiger partial charge on any atom is -0.379 e. The zero-order valence-electron chi connectivity index (χ0n) is 15.1. The average Bonchev–Trinajstić information content (AvgIpc) is 3.42. The molecule has 4 rings (SSSR count). The molecule has 2 N–H and O–H groups in total. The number of thiazole rings is 1. The summed E-state index contributed by atoms with van der Waals surface area (Å²) in [4.78, 5) is 26.1. The highest BCUT2D eigenvalue weighted by atomic mass is 32.1. The summed E-state index contributed by atoms with van der Waals surface area (Å²) in [6, 6.07) is 5.63. The number of fused-ring (bicyclic) bond motifs is 1. The molecular weight excluding hydrogens is 362 g/mol. The van der Waals surface area contributed by atoms with Gasteiger partial charge in [0.2, 0.25) is 0 Å². The molecule has 140 valence electrons. The lowest BCUT2D eigenvalue weighted by Crippen LogP contribution is -2.31. The highest BCUT2D eigenvalue weighted by molar-refractivity contribution is 7.19. The van der Waals surface area contributed by atoms with E-state index in [1.807, 2.05) is 25.1 Å². The summed E-state index contributed by atoms with van der Waals surface area (Å²) in [6.45, 7) is 3.74. The Morgan fingerprint density at radius 3 is 3.11 bits per heavy atom. The van der Waals surface area contributed by atoms with Crippen LogP contribution in [0.1, 0.15) is 18.5 Å². The number of hydrogen-bond acceptors (Lipinski definition) is 6. The van der Waals surface area contributed by atoms with Crippen molar-refractivity contribution in [3.05, 3.63) is 36.3 Å². The summed E-state index contributed by atoms with van der Waals surface area (Å²) in [5, 5.41) is 7.11. The van der Waals surface area contributed by atoms with Gasteiger partial charge in [0.15, 0.2) is 10.8 Å². The number of carbonyl (C=O) groups is 1. The van der Waals surface area contributed by atoms with Gasteiger partial charge in [-0.25, -0.2) is 19.7 Å². The SMILES string of the molecule is Cc1nc(NC(=O)NCCOCC2CC2)sc1-c1cnc2ncccc2c1. The highest BCUT2D eigenvalue weighted by Gasteiger charge is 2.21. The number of urea groups is 1. The van der Waals surface area contributed by atoms with E-state index in [9.17, 15) is 4.79 Å². The Hall–Kier alpha value is -2.58. The predicted molar refractivity (Wildman–Crippen MR) is 106 cm³/mol. The van der Waals surface area contributed by atoms with Gasteiger partial charge in [-0.15, -0.1) is 0 Å². The van der Waals surface area contributed by atoms with E-state index in [0.29, 0.717) is 23.9 Å². The molecule has 0 unspecified atom stereocenters. The minimum atomic E-state index is -0.272. The maximum Gasteiger partial charge on any atom is 0.321 e. The van der Waals surface area contributed by atoms with Crippen LogP contribution in [0.4, 0.5) is 9.93 Å². The van der Waals surface area contributed by atoms with Gasteiger partial charge in [-0.1, -0.05) is 11.3 Å². The van der Waals surface area contributed by atoms with E-state index in [4.69, 9.17) is 4.74 Å². The second-order valence-electron chi connectivity index (χ2n) is 6.61. The third-order valence-electron chi connectivity index (χ3n) is 4.32. The zero-order chi connectivity index (χ0) is 18.6. The molecule has 0 atom stereocenters. The lowest BCUT2D eigenvalue weighted by atomic mass is 10.2. The fourth-order valence-electron chi connectivity index (χ4n) is 2.72. The largest absolute Gasteiger partial charge is 0.379 e. The molecule has 7 nitrogen and oxygen atoms in total. The molecule has 2 amide bonds. The molecule has 3 heterocycles. The summed E-state index contributed by atoms with van der Waals surface area (Å²) in [6.07, 6.45) is 6.05. The van der Waals surface area contributed by atoms with Crippen molar-refractivity contribution >= 4 is 33.5 Å². The first-order valence-electron chi connectivity index (χ1n) is 9.00. The number of ether oxygens (including phenoxy) is 1. The summed E-state index contributed by atoms with van der Waals surface area (Å²) >= 11 is 1.43. The molecule has 0 saturated heterocycles. The van der Waals surface area contributed by atoms with Crippen LogP contribution in [0.5, 0.6) is 0 Å². The Kier molecular flexibility index (Phi) is 5.26. The van der Waals surface area contributed by atoms with Crippen molar-refractivity contribution < 1.29 is 9.53 Å². The molecular formula is C19H21N5O2S. The van der Waals surface area contributed by atoms with E-state index in [1.54, 1.807) is 12.4 Å². The van der Waals surface area contributed by atoms with Crippen LogP contribution in [0.25, 0.3) is 21.5 Å². The van der Waals surface area contributed by atoms with E-state index in [0.717, 1.165) is 34.0 Å². The summed E-state index contributed by atoms with van der Waals surface area (Å²) in [7, 11) is 0. The third-order valence-corrected chi connectivity index (χ3v) is 5.44. The maximum atomic E-state index is 12.0. The Bertz CT molecular complexity index is 954. The first kappa shape index (κ1) is 17.8. The smallest absolute Gasteiger partial charge is 0.321 e. The lowest BCUT2D eigenvalue weighted by molar-refractivity contribution is 0.127. The number of amides is 2. The molecule has 0 aliphatic heterocycles. The standard InChI is InChI=1S/C19H21N5O2S/c1-12-16(15-9-14-3-2-6-20-17(14)22-10-15)27-19(23-12)24-18(25)21-7-8-26-11-13-4-5-13/h2-3,6,9-10,13H,4-5,7-8,11H2,1H3,(H2,21,23,24,25). The van der Waals surface area contributed by atoms with Crippen molar-refractivity contribution in [1.29, 1.82) is 0 Å². The molecule has 0 aromatic carbocycles. The van der Waals surface area contributed by atoms with E-state index in [-0.39, 0.29) is 6.03 Å². The number of anilines is 1. The van der Waals surface area contributed by atoms with Crippen LogP contribution in [0.15, 0.2) is 30.6 Å². The van der Waals surface area contributed by atoms with Crippen molar-refractivity contribution in [2.75, 3.05) is 25.1 Å². The van der Waals surface area contributed by atoms with Crippen LogP contribution in [-0.4, -0.2) is 40.7 Å². The number of hydrogen-bond donors (Lipinski definition) is 2. The van der Waals surface area contributed by atoms with Gasteiger partial charge in [-0.3, -0.25) is 5.32 Å². The molecule has 0 radical (unpaired) electrons. The molecule has 27 heavy (non-hydrogen) atoms. The fourth-order valence-corrected chi connectivity index (χ4v) is 3.66. The summed E-state index contributed by atoms with van der Waals surface area (Å²) in [5.41, 5.74) is 2.53. The van der Waals surface area contributed by atoms with E-state index in [1.165, 1.54) is 24.2 Å². The van der Waals surface area contributed by atoms with Gasteiger partial charge in [0.1, 0.15) is 0 Å². The van der Waals surface area contributed by atoms with Gasteiger partial charge in [0.05, 0.1) is 17.2 Å². The van der Waals surface area contributed by atoms with Crippen molar-refractivity contribution in [2.24, 2.45) is 5.92 Å². The molecule has 3 aromatic heterocycles. The van der Waals surface area contributed by atoms with Crippen LogP contribution in [0.2, 0.25) is 0 Å². The number of nitrogens with one attached hydrogen (secondary N) is 2. The van der Waals surface area contributed by atoms with Crippen LogP contribution in [0, 0.1) is 12.8 Å². The van der Waals surface area contributed by atoms with Gasteiger partial charge in [-0.05, 0) is 43.9 Å². The Labute approximate surface area is 161 Å². The monoisotopic (exact) mass is 383 g/mol. The van der Waals surface area contributed by atoms with Crippen LogP contribution >= 0.6 is 11.3 Å². The van der Waals surface area contributed by atoms with Gasteiger partial charge >= 0.3 is 6.03 Å². The zero-order valence-corrected chi connectivity index (χ0v) is 15.9. The molecule has 1 aliphatic rings. The van der Waals surface area contributed by atoms with Crippen LogP contribution < -0.4 is 10.6 Å². The van der Waals surface area contributed by atoms with Crippen molar-refractivity contribution in [3.8, 4) is 10.4 Å². The van der Waals surface area contributed by atoms with E-state index in [2.05, 4.69) is 25.6 Å². The molecule has 1 fully saturated rings. The second kappa shape index (κ2) is 7.98. The highest BCUT2D eigenvalue weighted by Crippen LogP contribution is 2.33. The topological polar surface area (TPSA) is 89.0 Å². The number of pyridine rings is 2. The average molecular weight is 383 g/mol. The first-order chi connectivity index (χ1) is 13.2. The van der Waals surface area contributed by atoms with Crippen molar-refractivity contribution in [3.63, 3.8) is 0 Å². The molecule has 3 aromatic rings. The molecule has 1 saturated carbocycles. The van der Waals surface area contributed by atoms with E-state index < -0.39 is 0 Å². The van der Waals surface area contributed by atoms with Crippen molar-refractivity contribution in [2.45, 2.75) is 19.8 Å². The number of carbonyl (C=O) groups excluding carboxylic acids is 1. The number of aryl methyl sites for hydroxylation is 1. The molecule has 0 spiro atoms. The fraction of sp³-hybridized carbons (Fsp3) is 0.368. The summed E-state index contributed by atoms with van der Waals surface area (Å²) < 4.78 is 5.51. The number of rotatable bonds is 7. The van der Waals surface area contributed by atoms with Crippen LogP contribution in [0.3, 0.4) is 0 Å². The lowest BCUT2D eigenvalue weighted by Gasteiger charge is -2.06.